The van der Waals surface area contributed by atoms with E-state index in [-0.39, 0.29) is 5.97 Å². The molecule has 0 bridgehead atoms. The molecule has 148 valence electrons. The van der Waals surface area contributed by atoms with E-state index in [1.54, 1.807) is 0 Å². The average Bonchev–Trinajstić information content (AvgIpc) is 3.05. The Morgan fingerprint density at radius 2 is 1.89 bits per heavy atom. The third-order valence-corrected chi connectivity index (χ3v) is 4.77. The van der Waals surface area contributed by atoms with Gasteiger partial charge in [-0.3, -0.25) is 4.79 Å². The van der Waals surface area contributed by atoms with Crippen molar-refractivity contribution in [2.45, 2.75) is 59.5 Å². The van der Waals surface area contributed by atoms with Gasteiger partial charge in [0.05, 0.1) is 5.69 Å². The molecule has 2 heterocycles. The van der Waals surface area contributed by atoms with Gasteiger partial charge >= 0.3 is 5.97 Å². The molecule has 1 unspecified atom stereocenters. The first kappa shape index (κ1) is 20.1. The van der Waals surface area contributed by atoms with Crippen molar-refractivity contribution in [2.75, 3.05) is 0 Å². The van der Waals surface area contributed by atoms with E-state index in [4.69, 9.17) is 9.72 Å². The number of fused-ring (bicyclic) bond motifs is 1. The van der Waals surface area contributed by atoms with Crippen LogP contribution in [0.25, 0.3) is 16.9 Å². The van der Waals surface area contributed by atoms with Crippen LogP contribution in [0.15, 0.2) is 48.8 Å². The lowest BCUT2D eigenvalue weighted by molar-refractivity contribution is -0.155. The molecule has 3 rings (SSSR count). The number of pyridine rings is 1. The van der Waals surface area contributed by atoms with Crippen LogP contribution in [-0.2, 0) is 16.0 Å². The Morgan fingerprint density at radius 1 is 1.18 bits per heavy atom. The Hall–Kier alpha value is -2.62. The summed E-state index contributed by atoms with van der Waals surface area (Å²) in [6.45, 7) is 9.97. The van der Waals surface area contributed by atoms with Crippen LogP contribution in [0.2, 0.25) is 0 Å². The van der Waals surface area contributed by atoms with Crippen LogP contribution in [-0.4, -0.2) is 21.0 Å². The fraction of sp³-hybridized carbons (Fsp3) is 0.417. The fourth-order valence-electron chi connectivity index (χ4n) is 3.37. The van der Waals surface area contributed by atoms with Crippen molar-refractivity contribution in [3.8, 4) is 11.3 Å². The van der Waals surface area contributed by atoms with E-state index in [0.29, 0.717) is 12.3 Å². The molecule has 0 amide bonds. The van der Waals surface area contributed by atoms with Crippen molar-refractivity contribution < 1.29 is 9.53 Å². The summed E-state index contributed by atoms with van der Waals surface area (Å²) in [5, 5.41) is 0. The summed E-state index contributed by atoms with van der Waals surface area (Å²) in [5.41, 5.74) is 5.14. The zero-order chi connectivity index (χ0) is 20.3. The minimum atomic E-state index is -0.410. The highest BCUT2D eigenvalue weighted by Crippen LogP contribution is 2.23. The van der Waals surface area contributed by atoms with Gasteiger partial charge in [0.1, 0.15) is 11.2 Å². The van der Waals surface area contributed by atoms with Crippen LogP contribution >= 0.6 is 0 Å². The molecule has 4 heteroatoms. The van der Waals surface area contributed by atoms with Gasteiger partial charge < -0.3 is 9.14 Å². The number of carbonyl (C=O) groups excluding carboxylic acids is 1. The predicted octanol–water partition coefficient (Wildman–Crippen LogP) is 5.61. The summed E-state index contributed by atoms with van der Waals surface area (Å²) < 4.78 is 7.46. The lowest BCUT2D eigenvalue weighted by atomic mass is 9.96. The molecule has 0 spiro atoms. The molecule has 0 aliphatic heterocycles. The van der Waals surface area contributed by atoms with Crippen molar-refractivity contribution in [1.29, 1.82) is 0 Å². The van der Waals surface area contributed by atoms with Gasteiger partial charge in [0.25, 0.3) is 0 Å². The van der Waals surface area contributed by atoms with Crippen LogP contribution in [0.3, 0.4) is 0 Å². The molecule has 1 atom stereocenters. The second-order valence-electron chi connectivity index (χ2n) is 8.68. The number of hydrogen-bond donors (Lipinski definition) is 0. The topological polar surface area (TPSA) is 43.6 Å². The highest BCUT2D eigenvalue weighted by atomic mass is 16.6. The van der Waals surface area contributed by atoms with E-state index in [1.165, 1.54) is 11.1 Å². The maximum absolute atomic E-state index is 11.9. The van der Waals surface area contributed by atoms with Gasteiger partial charge in [-0.15, -0.1) is 0 Å². The first-order valence-electron chi connectivity index (χ1n) is 9.97. The number of imidazole rings is 1. The highest BCUT2D eigenvalue weighted by molar-refractivity contribution is 5.69. The second-order valence-corrected chi connectivity index (χ2v) is 8.68. The quantitative estimate of drug-likeness (QED) is 0.524. The number of nitrogens with zero attached hydrogens (tertiary/aromatic N) is 2. The Morgan fingerprint density at radius 3 is 2.54 bits per heavy atom. The molecule has 28 heavy (non-hydrogen) atoms. The standard InChI is InChI=1S/C24H30N2O2/c1-17(8-13-22(27)28-24(3,4)5)15-19-9-11-20(12-10-19)21-16-26-14-6-7-18(2)23(26)25-21/h6-7,9-12,14,16-17H,8,13,15H2,1-5H3. The molecule has 0 fully saturated rings. The van der Waals surface area contributed by atoms with Gasteiger partial charge in [-0.05, 0) is 63.6 Å². The lowest BCUT2D eigenvalue weighted by Gasteiger charge is -2.20. The van der Waals surface area contributed by atoms with E-state index in [1.807, 2.05) is 33.0 Å². The number of aryl methyl sites for hydroxylation is 1. The lowest BCUT2D eigenvalue weighted by Crippen LogP contribution is -2.24. The first-order chi connectivity index (χ1) is 13.2. The Bertz CT molecular complexity index is 949. The van der Waals surface area contributed by atoms with E-state index in [0.717, 1.165) is 29.7 Å². The molecule has 0 saturated heterocycles. The van der Waals surface area contributed by atoms with Gasteiger partial charge in [0.15, 0.2) is 0 Å². The summed E-state index contributed by atoms with van der Waals surface area (Å²) in [6, 6.07) is 12.7. The summed E-state index contributed by atoms with van der Waals surface area (Å²) in [7, 11) is 0. The summed E-state index contributed by atoms with van der Waals surface area (Å²) in [4.78, 5) is 16.6. The minimum Gasteiger partial charge on any atom is -0.460 e. The molecule has 0 saturated carbocycles. The molecular formula is C24H30N2O2. The average molecular weight is 379 g/mol. The summed E-state index contributed by atoms with van der Waals surface area (Å²) >= 11 is 0. The van der Waals surface area contributed by atoms with Gasteiger partial charge in [0.2, 0.25) is 0 Å². The monoisotopic (exact) mass is 378 g/mol. The fourth-order valence-corrected chi connectivity index (χ4v) is 3.37. The largest absolute Gasteiger partial charge is 0.460 e. The number of carbonyl (C=O) groups is 1. The van der Waals surface area contributed by atoms with Crippen molar-refractivity contribution in [3.05, 3.63) is 59.9 Å². The predicted molar refractivity (Wildman–Crippen MR) is 113 cm³/mol. The van der Waals surface area contributed by atoms with Crippen LogP contribution < -0.4 is 0 Å². The maximum Gasteiger partial charge on any atom is 0.306 e. The zero-order valence-corrected chi connectivity index (χ0v) is 17.5. The summed E-state index contributed by atoms with van der Waals surface area (Å²) in [6.07, 6.45) is 6.35. The van der Waals surface area contributed by atoms with Crippen molar-refractivity contribution in [1.82, 2.24) is 9.38 Å². The van der Waals surface area contributed by atoms with Crippen LogP contribution in [0.4, 0.5) is 0 Å². The Kier molecular flexibility index (Phi) is 5.87. The number of benzene rings is 1. The molecule has 0 aliphatic carbocycles. The maximum atomic E-state index is 11.9. The van der Waals surface area contributed by atoms with Gasteiger partial charge in [-0.25, -0.2) is 4.98 Å². The van der Waals surface area contributed by atoms with Crippen molar-refractivity contribution in [2.24, 2.45) is 5.92 Å². The third kappa shape index (κ3) is 5.22. The SMILES string of the molecule is Cc1cccn2cc(-c3ccc(CC(C)CCC(=O)OC(C)(C)C)cc3)nc12. The van der Waals surface area contributed by atoms with Crippen LogP contribution in [0.5, 0.6) is 0 Å². The number of aromatic nitrogens is 2. The smallest absolute Gasteiger partial charge is 0.306 e. The number of rotatable bonds is 6. The van der Waals surface area contributed by atoms with Gasteiger partial charge in [-0.1, -0.05) is 37.3 Å². The van der Waals surface area contributed by atoms with Crippen molar-refractivity contribution >= 4 is 11.6 Å². The molecule has 0 aliphatic rings. The van der Waals surface area contributed by atoms with E-state index in [9.17, 15) is 4.79 Å². The van der Waals surface area contributed by atoms with E-state index >= 15 is 0 Å². The molecule has 3 aromatic rings. The van der Waals surface area contributed by atoms with Crippen LogP contribution in [0, 0.1) is 12.8 Å². The van der Waals surface area contributed by atoms with E-state index < -0.39 is 5.60 Å². The van der Waals surface area contributed by atoms with Gasteiger partial charge in [0, 0.05) is 24.4 Å². The number of ether oxygens (including phenoxy) is 1. The molecule has 0 N–H and O–H groups in total. The molecule has 2 aromatic heterocycles. The normalized spacial score (nSPS) is 12.9. The zero-order valence-electron chi connectivity index (χ0n) is 17.5. The van der Waals surface area contributed by atoms with Crippen LogP contribution in [0.1, 0.15) is 51.7 Å². The molecule has 1 aromatic carbocycles. The van der Waals surface area contributed by atoms with Crippen molar-refractivity contribution in [3.63, 3.8) is 0 Å². The summed E-state index contributed by atoms with van der Waals surface area (Å²) in [5.74, 6) is 0.313. The number of esters is 1. The Balaban J connectivity index is 1.59. The minimum absolute atomic E-state index is 0.114. The molecule has 0 radical (unpaired) electrons. The second kappa shape index (κ2) is 8.17. The number of hydrogen-bond acceptors (Lipinski definition) is 3. The first-order valence-corrected chi connectivity index (χ1v) is 9.97. The molecule has 4 nitrogen and oxygen atoms in total. The third-order valence-electron chi connectivity index (χ3n) is 4.77. The molecular weight excluding hydrogens is 348 g/mol. The highest BCUT2D eigenvalue weighted by Gasteiger charge is 2.17. The van der Waals surface area contributed by atoms with Gasteiger partial charge in [-0.2, -0.15) is 0 Å². The Labute approximate surface area is 167 Å². The van der Waals surface area contributed by atoms with E-state index in [2.05, 4.69) is 54.8 Å².